The molecule has 1 heterocycles. The Balaban J connectivity index is 2.49. The lowest BCUT2D eigenvalue weighted by atomic mass is 10.2. The number of nitrogens with two attached hydrogens (primary N) is 1. The minimum Gasteiger partial charge on any atom is -0.492 e. The molecule has 0 aliphatic rings. The van der Waals surface area contributed by atoms with Gasteiger partial charge in [-0.1, -0.05) is 28.1 Å². The van der Waals surface area contributed by atoms with E-state index in [2.05, 4.69) is 25.9 Å². The molecule has 4 N–H and O–H groups in total. The summed E-state index contributed by atoms with van der Waals surface area (Å²) < 4.78 is 0.876. The number of rotatable bonds is 2. The number of aromatic hydroxyl groups is 1. The van der Waals surface area contributed by atoms with Gasteiger partial charge in [-0.25, -0.2) is 0 Å². The number of benzene rings is 1. The fourth-order valence-electron chi connectivity index (χ4n) is 1.31. The van der Waals surface area contributed by atoms with E-state index in [1.54, 1.807) is 6.07 Å². The number of primary amides is 1. The molecule has 2 rings (SSSR count). The largest absolute Gasteiger partial charge is 0.492 e. The van der Waals surface area contributed by atoms with Crippen molar-refractivity contribution in [1.29, 1.82) is 0 Å². The van der Waals surface area contributed by atoms with Gasteiger partial charge >= 0.3 is 0 Å². The first-order valence-electron chi connectivity index (χ1n) is 4.42. The van der Waals surface area contributed by atoms with Crippen LogP contribution in [0.3, 0.4) is 0 Å². The molecule has 1 amide bonds. The summed E-state index contributed by atoms with van der Waals surface area (Å²) in [5.41, 5.74) is 5.72. The van der Waals surface area contributed by atoms with Crippen molar-refractivity contribution in [2.45, 2.75) is 0 Å². The molecule has 1 aromatic heterocycles. The molecule has 0 saturated heterocycles. The van der Waals surface area contributed by atoms with Crippen molar-refractivity contribution < 1.29 is 9.90 Å². The first-order valence-corrected chi connectivity index (χ1v) is 5.22. The number of aromatic amines is 1. The molecule has 2 aromatic rings. The number of imidazole rings is 1. The lowest BCUT2D eigenvalue weighted by Gasteiger charge is -1.96. The quantitative estimate of drug-likeness (QED) is 0.781. The number of carbonyl (C=O) groups excluding carboxylic acids is 1. The molecule has 6 heteroatoms. The molecule has 0 atom stereocenters. The lowest BCUT2D eigenvalue weighted by molar-refractivity contribution is 0.0993. The summed E-state index contributed by atoms with van der Waals surface area (Å²) in [6, 6.07) is 7.29. The van der Waals surface area contributed by atoms with Crippen molar-refractivity contribution in [3.63, 3.8) is 0 Å². The Morgan fingerprint density at radius 3 is 2.81 bits per heavy atom. The fourth-order valence-corrected chi connectivity index (χ4v) is 1.71. The highest BCUT2D eigenvalue weighted by Crippen LogP contribution is 2.24. The van der Waals surface area contributed by atoms with Gasteiger partial charge in [-0.2, -0.15) is 4.98 Å². The molecule has 82 valence electrons. The Hall–Kier alpha value is -1.82. The molecule has 0 spiro atoms. The second-order valence-electron chi connectivity index (χ2n) is 3.16. The number of nitrogens with zero attached hydrogens (tertiary/aromatic N) is 1. The topological polar surface area (TPSA) is 92.0 Å². The molecule has 16 heavy (non-hydrogen) atoms. The van der Waals surface area contributed by atoms with Crippen LogP contribution in [0.1, 0.15) is 10.5 Å². The highest BCUT2D eigenvalue weighted by molar-refractivity contribution is 9.10. The van der Waals surface area contributed by atoms with E-state index < -0.39 is 5.91 Å². The van der Waals surface area contributed by atoms with Crippen molar-refractivity contribution in [2.75, 3.05) is 0 Å². The number of amides is 1. The maximum absolute atomic E-state index is 10.9. The molecule has 0 fully saturated rings. The zero-order valence-corrected chi connectivity index (χ0v) is 9.65. The van der Waals surface area contributed by atoms with E-state index in [0.29, 0.717) is 5.82 Å². The van der Waals surface area contributed by atoms with Gasteiger partial charge in [-0.05, 0) is 12.1 Å². The highest BCUT2D eigenvalue weighted by Gasteiger charge is 2.14. The summed E-state index contributed by atoms with van der Waals surface area (Å²) in [7, 11) is 0. The highest BCUT2D eigenvalue weighted by atomic mass is 79.9. The lowest BCUT2D eigenvalue weighted by Crippen LogP contribution is -2.11. The molecule has 0 saturated carbocycles. The first-order chi connectivity index (χ1) is 7.58. The Morgan fingerprint density at radius 2 is 2.25 bits per heavy atom. The van der Waals surface area contributed by atoms with Crippen LogP contribution < -0.4 is 5.73 Å². The molecular formula is C10H8BrN3O2. The molecule has 0 unspecified atom stereocenters. The Bertz CT molecular complexity index is 551. The van der Waals surface area contributed by atoms with Gasteiger partial charge in [-0.3, -0.25) is 4.79 Å². The molecule has 5 nitrogen and oxygen atoms in total. The number of aromatic nitrogens is 2. The summed E-state index contributed by atoms with van der Waals surface area (Å²) in [4.78, 5) is 17.4. The van der Waals surface area contributed by atoms with Gasteiger partial charge in [0, 0.05) is 10.0 Å². The first kappa shape index (κ1) is 10.7. The number of nitrogens with one attached hydrogen (secondary N) is 1. The molecule has 0 bridgehead atoms. The van der Waals surface area contributed by atoms with Crippen LogP contribution in [0, 0.1) is 0 Å². The van der Waals surface area contributed by atoms with Crippen LogP contribution in [0.2, 0.25) is 0 Å². The molecular weight excluding hydrogens is 274 g/mol. The monoisotopic (exact) mass is 281 g/mol. The predicted octanol–water partition coefficient (Wildman–Crippen LogP) is 1.64. The van der Waals surface area contributed by atoms with Crippen LogP contribution >= 0.6 is 15.9 Å². The molecule has 0 aliphatic carbocycles. The maximum Gasteiger partial charge on any atom is 0.270 e. The maximum atomic E-state index is 10.9. The van der Waals surface area contributed by atoms with E-state index in [4.69, 9.17) is 5.73 Å². The van der Waals surface area contributed by atoms with E-state index in [9.17, 15) is 9.90 Å². The zero-order valence-electron chi connectivity index (χ0n) is 8.07. The van der Waals surface area contributed by atoms with E-state index in [0.717, 1.165) is 10.0 Å². The number of halogens is 1. The minimum absolute atomic E-state index is 0.0880. The second-order valence-corrected chi connectivity index (χ2v) is 4.07. The second kappa shape index (κ2) is 3.97. The fraction of sp³-hybridized carbons (Fsp3) is 0. The van der Waals surface area contributed by atoms with Crippen molar-refractivity contribution >= 4 is 21.8 Å². The van der Waals surface area contributed by atoms with E-state index in [1.807, 2.05) is 18.2 Å². The van der Waals surface area contributed by atoms with Crippen LogP contribution in [0.15, 0.2) is 28.7 Å². The average molecular weight is 282 g/mol. The number of H-pyrrole nitrogens is 1. The SMILES string of the molecule is NC(=O)c1[nH]c(-c2cccc(Br)c2)nc1O. The van der Waals surface area contributed by atoms with E-state index in [1.165, 1.54) is 0 Å². The predicted molar refractivity (Wildman–Crippen MR) is 61.9 cm³/mol. The summed E-state index contributed by atoms with van der Waals surface area (Å²) in [6.07, 6.45) is 0. The third-order valence-electron chi connectivity index (χ3n) is 2.03. The van der Waals surface area contributed by atoms with Crippen LogP contribution in [-0.2, 0) is 0 Å². The van der Waals surface area contributed by atoms with Gasteiger partial charge < -0.3 is 15.8 Å². The smallest absolute Gasteiger partial charge is 0.270 e. The Kier molecular flexibility index (Phi) is 2.66. The molecule has 0 aliphatic heterocycles. The van der Waals surface area contributed by atoms with Crippen molar-refractivity contribution in [1.82, 2.24) is 9.97 Å². The van der Waals surface area contributed by atoms with Gasteiger partial charge in [0.05, 0.1) is 0 Å². The third kappa shape index (κ3) is 1.92. The van der Waals surface area contributed by atoms with Crippen LogP contribution in [0.4, 0.5) is 0 Å². The van der Waals surface area contributed by atoms with Gasteiger partial charge in [0.25, 0.3) is 5.91 Å². The van der Waals surface area contributed by atoms with Crippen LogP contribution in [-0.4, -0.2) is 21.0 Å². The number of hydrogen-bond donors (Lipinski definition) is 3. The summed E-state index contributed by atoms with van der Waals surface area (Å²) in [5.74, 6) is -0.735. The number of carbonyl (C=O) groups is 1. The summed E-state index contributed by atoms with van der Waals surface area (Å²) in [5, 5.41) is 9.38. The van der Waals surface area contributed by atoms with Gasteiger partial charge in [0.15, 0.2) is 5.69 Å². The van der Waals surface area contributed by atoms with Crippen molar-refractivity contribution in [2.24, 2.45) is 5.73 Å². The van der Waals surface area contributed by atoms with Gasteiger partial charge in [-0.15, -0.1) is 0 Å². The number of hydrogen-bond acceptors (Lipinski definition) is 3. The summed E-state index contributed by atoms with van der Waals surface area (Å²) >= 11 is 3.32. The van der Waals surface area contributed by atoms with E-state index >= 15 is 0 Å². The van der Waals surface area contributed by atoms with E-state index in [-0.39, 0.29) is 11.6 Å². The van der Waals surface area contributed by atoms with Crippen LogP contribution in [0.25, 0.3) is 11.4 Å². The standard InChI is InChI=1S/C10H8BrN3O2/c11-6-3-1-2-5(4-6)9-13-7(8(12)15)10(16)14-9/h1-4,16H,(H2,12,15)(H,13,14). The van der Waals surface area contributed by atoms with Gasteiger partial charge in [0.2, 0.25) is 5.88 Å². The zero-order chi connectivity index (χ0) is 11.7. The summed E-state index contributed by atoms with van der Waals surface area (Å²) in [6.45, 7) is 0. The minimum atomic E-state index is -0.744. The molecule has 1 aromatic carbocycles. The van der Waals surface area contributed by atoms with Crippen LogP contribution in [0.5, 0.6) is 5.88 Å². The average Bonchev–Trinajstić information content (AvgIpc) is 2.60. The van der Waals surface area contributed by atoms with Gasteiger partial charge in [0.1, 0.15) is 5.82 Å². The Labute approximate surface area is 99.4 Å². The van der Waals surface area contributed by atoms with Crippen molar-refractivity contribution in [3.05, 3.63) is 34.4 Å². The van der Waals surface area contributed by atoms with Crippen molar-refractivity contribution in [3.8, 4) is 17.3 Å². The Morgan fingerprint density at radius 1 is 1.50 bits per heavy atom. The normalized spacial score (nSPS) is 10.3. The molecule has 0 radical (unpaired) electrons. The third-order valence-corrected chi connectivity index (χ3v) is 2.52.